The van der Waals surface area contributed by atoms with E-state index < -0.39 is 6.09 Å². The molecule has 2 heterocycles. The first kappa shape index (κ1) is 16.5. The van der Waals surface area contributed by atoms with Crippen molar-refractivity contribution in [3.63, 3.8) is 0 Å². The van der Waals surface area contributed by atoms with Gasteiger partial charge in [0.15, 0.2) is 11.9 Å². The number of benzene rings is 1. The number of rotatable bonds is 5. The monoisotopic (exact) mass is 338 g/mol. The molecule has 2 aromatic heterocycles. The highest BCUT2D eigenvalue weighted by Crippen LogP contribution is 2.22. The van der Waals surface area contributed by atoms with Gasteiger partial charge in [-0.25, -0.2) is 9.78 Å². The molecule has 0 aliphatic heterocycles. The Morgan fingerprint density at radius 1 is 1.24 bits per heavy atom. The molecule has 0 bridgehead atoms. The van der Waals surface area contributed by atoms with Crippen molar-refractivity contribution in [3.8, 4) is 0 Å². The van der Waals surface area contributed by atoms with E-state index in [-0.39, 0.29) is 0 Å². The molecular formula is C18H18N4O3. The molecule has 0 saturated carbocycles. The summed E-state index contributed by atoms with van der Waals surface area (Å²) in [5, 5.41) is 6.00. The van der Waals surface area contributed by atoms with E-state index in [2.05, 4.69) is 20.4 Å². The van der Waals surface area contributed by atoms with Gasteiger partial charge in [-0.2, -0.15) is 0 Å². The highest BCUT2D eigenvalue weighted by atomic mass is 16.5. The number of ether oxygens (including phenoxy) is 1. The molecule has 0 aliphatic rings. The first-order valence-electron chi connectivity index (χ1n) is 7.73. The van der Waals surface area contributed by atoms with E-state index in [1.54, 1.807) is 23.6 Å². The fourth-order valence-corrected chi connectivity index (χ4v) is 2.63. The average molecular weight is 338 g/mol. The van der Waals surface area contributed by atoms with E-state index in [1.165, 1.54) is 7.11 Å². The minimum atomic E-state index is -0.519. The topological polar surface area (TPSA) is 84.7 Å². The smallest absolute Gasteiger partial charge is 0.411 e. The zero-order valence-corrected chi connectivity index (χ0v) is 13.9. The fraction of sp³-hybridized carbons (Fsp3) is 0.167. The van der Waals surface area contributed by atoms with Gasteiger partial charge in [-0.15, -0.1) is 0 Å². The van der Waals surface area contributed by atoms with E-state index in [9.17, 15) is 9.59 Å². The predicted molar refractivity (Wildman–Crippen MR) is 95.1 cm³/mol. The van der Waals surface area contributed by atoms with Gasteiger partial charge in [-0.05, 0) is 30.7 Å². The van der Waals surface area contributed by atoms with Crippen LogP contribution in [0.1, 0.15) is 21.7 Å². The summed E-state index contributed by atoms with van der Waals surface area (Å²) >= 11 is 0. The lowest BCUT2D eigenvalue weighted by Gasteiger charge is -2.12. The Balaban J connectivity index is 1.87. The number of para-hydroxylation sites is 1. The van der Waals surface area contributed by atoms with Crippen LogP contribution in [0, 0.1) is 6.92 Å². The Labute approximate surface area is 144 Å². The van der Waals surface area contributed by atoms with Gasteiger partial charge >= 0.3 is 6.09 Å². The summed E-state index contributed by atoms with van der Waals surface area (Å²) in [6.45, 7) is 2.28. The number of aromatic nitrogens is 2. The maximum absolute atomic E-state index is 11.5. The summed E-state index contributed by atoms with van der Waals surface area (Å²) in [6.07, 6.45) is 2.08. The number of carbonyl (C=O) groups excluding carboxylic acids is 2. The number of hydrogen-bond donors (Lipinski definition) is 2. The number of amides is 1. The Morgan fingerprint density at radius 2 is 2.00 bits per heavy atom. The summed E-state index contributed by atoms with van der Waals surface area (Å²) < 4.78 is 6.39. The largest absolute Gasteiger partial charge is 0.453 e. The molecule has 3 aromatic rings. The summed E-state index contributed by atoms with van der Waals surface area (Å²) in [5.41, 5.74) is 4.26. The normalized spacial score (nSPS) is 10.5. The fourth-order valence-electron chi connectivity index (χ4n) is 2.63. The maximum Gasteiger partial charge on any atom is 0.411 e. The quantitative estimate of drug-likeness (QED) is 0.698. The second kappa shape index (κ2) is 7.04. The summed E-state index contributed by atoms with van der Waals surface area (Å²) in [6, 6.07) is 11.2. The number of hydrogen-bond acceptors (Lipinski definition) is 5. The minimum Gasteiger partial charge on any atom is -0.453 e. The van der Waals surface area contributed by atoms with Gasteiger partial charge < -0.3 is 10.1 Å². The molecule has 0 saturated heterocycles. The Hall–Kier alpha value is -3.35. The van der Waals surface area contributed by atoms with Crippen molar-refractivity contribution in [2.45, 2.75) is 13.5 Å². The number of imidazole rings is 1. The highest BCUT2D eigenvalue weighted by Gasteiger charge is 2.11. The van der Waals surface area contributed by atoms with Crippen LogP contribution in [0.2, 0.25) is 0 Å². The predicted octanol–water partition coefficient (Wildman–Crippen LogP) is 3.25. The van der Waals surface area contributed by atoms with E-state index in [0.717, 1.165) is 17.5 Å². The van der Waals surface area contributed by atoms with Crippen LogP contribution in [0.25, 0.3) is 5.65 Å². The maximum atomic E-state index is 11.5. The van der Waals surface area contributed by atoms with Crippen LogP contribution in [-0.4, -0.2) is 28.9 Å². The lowest BCUT2D eigenvalue weighted by molar-refractivity contribution is 0.111. The van der Waals surface area contributed by atoms with E-state index in [4.69, 9.17) is 0 Å². The standard InChI is InChI=1S/C18H18N4O3/c1-12-16(11-23)22-9-5-8-15(17(22)20-12)19-10-13-6-3-4-7-14(13)21-18(24)25-2/h3-9,11,19H,10H2,1-2H3,(H,21,24). The van der Waals surface area contributed by atoms with Gasteiger partial charge in [0.05, 0.1) is 18.5 Å². The zero-order valence-electron chi connectivity index (χ0n) is 13.9. The third-order valence-corrected chi connectivity index (χ3v) is 3.89. The van der Waals surface area contributed by atoms with E-state index in [0.29, 0.717) is 29.3 Å². The van der Waals surface area contributed by atoms with Gasteiger partial charge in [-0.1, -0.05) is 18.2 Å². The summed E-state index contributed by atoms with van der Waals surface area (Å²) in [4.78, 5) is 27.2. The van der Waals surface area contributed by atoms with Crippen molar-refractivity contribution >= 4 is 29.4 Å². The number of carbonyl (C=O) groups is 2. The van der Waals surface area contributed by atoms with Crippen molar-refractivity contribution < 1.29 is 14.3 Å². The van der Waals surface area contributed by atoms with Gasteiger partial charge in [-0.3, -0.25) is 14.5 Å². The van der Waals surface area contributed by atoms with E-state index in [1.807, 2.05) is 30.3 Å². The van der Waals surface area contributed by atoms with Crippen LogP contribution < -0.4 is 10.6 Å². The van der Waals surface area contributed by atoms with Crippen LogP contribution in [0.4, 0.5) is 16.2 Å². The molecule has 128 valence electrons. The van der Waals surface area contributed by atoms with Gasteiger partial charge in [0.1, 0.15) is 5.69 Å². The second-order valence-corrected chi connectivity index (χ2v) is 5.44. The van der Waals surface area contributed by atoms with E-state index >= 15 is 0 Å². The van der Waals surface area contributed by atoms with Crippen LogP contribution >= 0.6 is 0 Å². The molecule has 1 amide bonds. The molecule has 0 radical (unpaired) electrons. The molecule has 0 spiro atoms. The van der Waals surface area contributed by atoms with Gasteiger partial charge in [0, 0.05) is 18.4 Å². The number of fused-ring (bicyclic) bond motifs is 1. The lowest BCUT2D eigenvalue weighted by Crippen LogP contribution is -2.13. The van der Waals surface area contributed by atoms with Gasteiger partial charge in [0.2, 0.25) is 0 Å². The first-order chi connectivity index (χ1) is 12.1. The summed E-state index contributed by atoms with van der Waals surface area (Å²) in [5.74, 6) is 0. The molecule has 0 fully saturated rings. The molecule has 25 heavy (non-hydrogen) atoms. The minimum absolute atomic E-state index is 0.474. The zero-order chi connectivity index (χ0) is 17.8. The molecular weight excluding hydrogens is 320 g/mol. The average Bonchev–Trinajstić information content (AvgIpc) is 2.96. The number of methoxy groups -OCH3 is 1. The highest BCUT2D eigenvalue weighted by molar-refractivity contribution is 5.85. The molecule has 1 aromatic carbocycles. The number of nitrogens with one attached hydrogen (secondary N) is 2. The second-order valence-electron chi connectivity index (χ2n) is 5.44. The van der Waals surface area contributed by atoms with Crippen molar-refractivity contribution in [3.05, 3.63) is 59.5 Å². The number of pyridine rings is 1. The molecule has 2 N–H and O–H groups in total. The SMILES string of the molecule is COC(=O)Nc1ccccc1CNc1cccn2c(C=O)c(C)nc12. The first-order valence-corrected chi connectivity index (χ1v) is 7.73. The number of aryl methyl sites for hydroxylation is 1. The third kappa shape index (κ3) is 3.30. The molecule has 7 heteroatoms. The third-order valence-electron chi connectivity index (χ3n) is 3.89. The lowest BCUT2D eigenvalue weighted by atomic mass is 10.1. The van der Waals surface area contributed by atoms with Crippen molar-refractivity contribution in [1.29, 1.82) is 0 Å². The van der Waals surface area contributed by atoms with Crippen LogP contribution in [0.15, 0.2) is 42.6 Å². The Bertz CT molecular complexity index is 933. The Morgan fingerprint density at radius 3 is 2.76 bits per heavy atom. The van der Waals surface area contributed by atoms with Crippen molar-refractivity contribution in [2.75, 3.05) is 17.7 Å². The number of anilines is 2. The number of aldehydes is 1. The Kier molecular flexibility index (Phi) is 4.65. The molecule has 0 atom stereocenters. The summed E-state index contributed by atoms with van der Waals surface area (Å²) in [7, 11) is 1.32. The van der Waals surface area contributed by atoms with Crippen LogP contribution in [-0.2, 0) is 11.3 Å². The van der Waals surface area contributed by atoms with Crippen LogP contribution in [0.3, 0.4) is 0 Å². The molecule has 3 rings (SSSR count). The van der Waals surface area contributed by atoms with Crippen LogP contribution in [0.5, 0.6) is 0 Å². The number of nitrogens with zero attached hydrogens (tertiary/aromatic N) is 2. The van der Waals surface area contributed by atoms with Gasteiger partial charge in [0.25, 0.3) is 0 Å². The van der Waals surface area contributed by atoms with Crippen molar-refractivity contribution in [2.24, 2.45) is 0 Å². The van der Waals surface area contributed by atoms with Crippen molar-refractivity contribution in [1.82, 2.24) is 9.38 Å². The molecule has 7 nitrogen and oxygen atoms in total. The molecule has 0 unspecified atom stereocenters. The molecule has 0 aliphatic carbocycles.